The zero-order chi connectivity index (χ0) is 26.1. The minimum absolute atomic E-state index is 0.136. The van der Waals surface area contributed by atoms with Crippen LogP contribution in [0, 0.1) is 11.8 Å². The van der Waals surface area contributed by atoms with Crippen molar-refractivity contribution in [3.05, 3.63) is 41.1 Å². The molecule has 1 aromatic carbocycles. The molecule has 0 fully saturated rings. The molecule has 0 radical (unpaired) electrons. The molecule has 2 N–H and O–H groups in total. The maximum Gasteiger partial charge on any atom is 0.411 e. The first-order valence-electron chi connectivity index (χ1n) is 12.3. The molecule has 2 heterocycles. The molecule has 8 heteroatoms. The summed E-state index contributed by atoms with van der Waals surface area (Å²) >= 11 is 0. The Bertz CT molecular complexity index is 1080. The Balaban J connectivity index is 1.98. The van der Waals surface area contributed by atoms with E-state index in [1.54, 1.807) is 11.6 Å². The summed E-state index contributed by atoms with van der Waals surface area (Å²) in [6, 6.07) is 7.79. The summed E-state index contributed by atoms with van der Waals surface area (Å²) in [5.41, 5.74) is 8.58. The highest BCUT2D eigenvalue weighted by Crippen LogP contribution is 2.35. The van der Waals surface area contributed by atoms with Gasteiger partial charge < -0.3 is 15.2 Å². The van der Waals surface area contributed by atoms with Crippen molar-refractivity contribution < 1.29 is 19.1 Å². The molecular formula is C27H40N4O4. The lowest BCUT2D eigenvalue weighted by molar-refractivity contribution is -0.158. The topological polar surface area (TPSA) is 99.7 Å². The van der Waals surface area contributed by atoms with Crippen molar-refractivity contribution in [2.24, 2.45) is 11.8 Å². The number of hydrogen-bond acceptors (Lipinski definition) is 6. The van der Waals surface area contributed by atoms with Crippen molar-refractivity contribution >= 4 is 17.9 Å². The average molecular weight is 485 g/mol. The molecule has 1 aliphatic heterocycles. The Morgan fingerprint density at radius 3 is 2.26 bits per heavy atom. The Labute approximate surface area is 208 Å². The number of anilines is 1. The van der Waals surface area contributed by atoms with Gasteiger partial charge in [0.1, 0.15) is 11.4 Å². The number of carbonyl (C=O) groups is 2. The third-order valence-corrected chi connectivity index (χ3v) is 6.15. The van der Waals surface area contributed by atoms with E-state index < -0.39 is 17.6 Å². The van der Waals surface area contributed by atoms with E-state index in [1.165, 1.54) is 4.90 Å². The van der Waals surface area contributed by atoms with Gasteiger partial charge >= 0.3 is 12.1 Å². The Kier molecular flexibility index (Phi) is 7.53. The van der Waals surface area contributed by atoms with Crippen LogP contribution in [-0.4, -0.2) is 45.5 Å². The number of ether oxygens (including phenoxy) is 2. The largest absolute Gasteiger partial charge is 0.464 e. The minimum Gasteiger partial charge on any atom is -0.464 e. The number of fused-ring (bicyclic) bond motifs is 1. The van der Waals surface area contributed by atoms with Crippen LogP contribution in [0.1, 0.15) is 72.2 Å². The van der Waals surface area contributed by atoms with E-state index >= 15 is 0 Å². The van der Waals surface area contributed by atoms with Gasteiger partial charge in [-0.05, 0) is 42.0 Å². The minimum atomic E-state index is -1.17. The normalized spacial score (nSPS) is 18.1. The fourth-order valence-electron chi connectivity index (χ4n) is 4.01. The summed E-state index contributed by atoms with van der Waals surface area (Å²) in [5, 5.41) is 4.71. The number of esters is 1. The van der Waals surface area contributed by atoms with E-state index in [9.17, 15) is 9.59 Å². The summed E-state index contributed by atoms with van der Waals surface area (Å²) in [5.74, 6) is 0.496. The second-order valence-corrected chi connectivity index (χ2v) is 11.6. The van der Waals surface area contributed by atoms with Gasteiger partial charge in [-0.3, -0.25) is 4.90 Å². The maximum absolute atomic E-state index is 13.2. The zero-order valence-corrected chi connectivity index (χ0v) is 22.3. The van der Waals surface area contributed by atoms with Crippen LogP contribution in [0.25, 0.3) is 5.69 Å². The van der Waals surface area contributed by atoms with Gasteiger partial charge in [0.25, 0.3) is 0 Å². The quantitative estimate of drug-likeness (QED) is 0.588. The number of nitrogens with two attached hydrogens (primary N) is 1. The highest BCUT2D eigenvalue weighted by molar-refractivity contribution is 5.86. The molecule has 0 spiro atoms. The van der Waals surface area contributed by atoms with Gasteiger partial charge in [0, 0.05) is 17.9 Å². The van der Waals surface area contributed by atoms with E-state index in [0.717, 1.165) is 22.5 Å². The Hall–Kier alpha value is -3.03. The standard InChI is InChI=1S/C27H40N4O4/c1-17(2)15-34-24(32)27(8)13-19-9-10-21(31-23(28)12-22(29-31)26(5,6)7)11-20(19)14-30(27)25(33)35-16-18(3)4/h9-12,17-18H,13-16,28H2,1-8H3. The van der Waals surface area contributed by atoms with E-state index in [1.807, 2.05) is 52.0 Å². The number of nitrogens with zero attached hydrogens (tertiary/aromatic N) is 3. The van der Waals surface area contributed by atoms with E-state index in [0.29, 0.717) is 18.8 Å². The maximum atomic E-state index is 13.2. The van der Waals surface area contributed by atoms with Crippen LogP contribution in [-0.2, 0) is 32.6 Å². The first kappa shape index (κ1) is 26.6. The summed E-state index contributed by atoms with van der Waals surface area (Å²) in [4.78, 5) is 27.9. The molecule has 35 heavy (non-hydrogen) atoms. The summed E-state index contributed by atoms with van der Waals surface area (Å²) in [7, 11) is 0. The van der Waals surface area contributed by atoms with Crippen LogP contribution < -0.4 is 5.73 Å². The smallest absolute Gasteiger partial charge is 0.411 e. The lowest BCUT2D eigenvalue weighted by Crippen LogP contribution is -2.59. The molecule has 192 valence electrons. The van der Waals surface area contributed by atoms with E-state index in [2.05, 4.69) is 20.8 Å². The number of aromatic nitrogens is 2. The fourth-order valence-corrected chi connectivity index (χ4v) is 4.01. The predicted octanol–water partition coefficient (Wildman–Crippen LogP) is 4.86. The van der Waals surface area contributed by atoms with Crippen LogP contribution in [0.5, 0.6) is 0 Å². The van der Waals surface area contributed by atoms with Crippen molar-refractivity contribution in [2.45, 2.75) is 79.3 Å². The molecule has 1 amide bonds. The Morgan fingerprint density at radius 1 is 1.06 bits per heavy atom. The molecule has 8 nitrogen and oxygen atoms in total. The number of amides is 1. The number of carbonyl (C=O) groups excluding carboxylic acids is 2. The van der Waals surface area contributed by atoms with Gasteiger partial charge in [0.05, 0.1) is 31.1 Å². The molecular weight excluding hydrogens is 444 g/mol. The third kappa shape index (κ3) is 5.80. The lowest BCUT2D eigenvalue weighted by Gasteiger charge is -2.42. The SMILES string of the molecule is CC(C)COC(=O)N1Cc2cc(-n3nc(C(C)(C)C)cc3N)ccc2CC1(C)C(=O)OCC(C)C. The Morgan fingerprint density at radius 2 is 1.69 bits per heavy atom. The van der Waals surface area contributed by atoms with Gasteiger partial charge in [-0.15, -0.1) is 0 Å². The van der Waals surface area contributed by atoms with Crippen molar-refractivity contribution in [1.29, 1.82) is 0 Å². The van der Waals surface area contributed by atoms with Crippen LogP contribution in [0.4, 0.5) is 10.6 Å². The van der Waals surface area contributed by atoms with Crippen molar-refractivity contribution in [2.75, 3.05) is 18.9 Å². The number of benzene rings is 1. The first-order valence-corrected chi connectivity index (χ1v) is 12.3. The number of rotatable bonds is 6. The summed E-state index contributed by atoms with van der Waals surface area (Å²) in [6.07, 6.45) is -0.189. The zero-order valence-electron chi connectivity index (χ0n) is 22.3. The van der Waals surface area contributed by atoms with Crippen LogP contribution in [0.15, 0.2) is 24.3 Å². The van der Waals surface area contributed by atoms with Crippen molar-refractivity contribution in [3.63, 3.8) is 0 Å². The van der Waals surface area contributed by atoms with E-state index in [-0.39, 0.29) is 30.4 Å². The molecule has 1 atom stereocenters. The highest BCUT2D eigenvalue weighted by Gasteiger charge is 2.48. The monoisotopic (exact) mass is 484 g/mol. The van der Waals surface area contributed by atoms with Crippen LogP contribution in [0.3, 0.4) is 0 Å². The van der Waals surface area contributed by atoms with Gasteiger partial charge in [0.15, 0.2) is 0 Å². The molecule has 1 aliphatic rings. The molecule has 0 saturated carbocycles. The molecule has 0 saturated heterocycles. The van der Waals surface area contributed by atoms with Gasteiger partial charge in [-0.25, -0.2) is 14.3 Å². The van der Waals surface area contributed by atoms with Gasteiger partial charge in [-0.1, -0.05) is 54.5 Å². The number of nitrogen functional groups attached to an aromatic ring is 1. The van der Waals surface area contributed by atoms with Crippen molar-refractivity contribution in [1.82, 2.24) is 14.7 Å². The summed E-state index contributed by atoms with van der Waals surface area (Å²) < 4.78 is 12.9. The molecule has 0 aliphatic carbocycles. The molecule has 2 aromatic rings. The van der Waals surface area contributed by atoms with Gasteiger partial charge in [-0.2, -0.15) is 5.10 Å². The van der Waals surface area contributed by atoms with Gasteiger partial charge in [0.2, 0.25) is 0 Å². The predicted molar refractivity (Wildman–Crippen MR) is 136 cm³/mol. The van der Waals surface area contributed by atoms with Crippen LogP contribution in [0.2, 0.25) is 0 Å². The summed E-state index contributed by atoms with van der Waals surface area (Å²) in [6.45, 7) is 16.7. The van der Waals surface area contributed by atoms with E-state index in [4.69, 9.17) is 20.3 Å². The second kappa shape index (κ2) is 9.91. The first-order chi connectivity index (χ1) is 16.2. The number of hydrogen-bond donors (Lipinski definition) is 1. The lowest BCUT2D eigenvalue weighted by atomic mass is 9.84. The fraction of sp³-hybridized carbons (Fsp3) is 0.593. The third-order valence-electron chi connectivity index (χ3n) is 6.15. The molecule has 1 unspecified atom stereocenters. The van der Waals surface area contributed by atoms with Crippen LogP contribution >= 0.6 is 0 Å². The molecule has 3 rings (SSSR count). The second-order valence-electron chi connectivity index (χ2n) is 11.6. The average Bonchev–Trinajstić information content (AvgIpc) is 3.17. The molecule has 1 aromatic heterocycles. The highest BCUT2D eigenvalue weighted by atomic mass is 16.6. The molecule has 0 bridgehead atoms. The van der Waals surface area contributed by atoms with Crippen molar-refractivity contribution in [3.8, 4) is 5.69 Å².